The minimum Gasteiger partial charge on any atom is -0.356 e. The fourth-order valence-corrected chi connectivity index (χ4v) is 3.95. The minimum absolute atomic E-state index is 0.677. The van der Waals surface area contributed by atoms with Crippen molar-refractivity contribution in [3.8, 4) is 0 Å². The molecule has 2 fully saturated rings. The number of nitrogens with zero attached hydrogens (tertiary/aromatic N) is 3. The zero-order valence-corrected chi connectivity index (χ0v) is 15.5. The third kappa shape index (κ3) is 5.96. The van der Waals surface area contributed by atoms with Crippen LogP contribution in [0.4, 0.5) is 0 Å². The van der Waals surface area contributed by atoms with E-state index in [2.05, 4.69) is 39.3 Å². The molecule has 0 aromatic heterocycles. The van der Waals surface area contributed by atoms with Crippen molar-refractivity contribution in [3.05, 3.63) is 0 Å². The summed E-state index contributed by atoms with van der Waals surface area (Å²) in [6, 6.07) is 0.677. The first-order chi connectivity index (χ1) is 11.3. The van der Waals surface area contributed by atoms with Crippen LogP contribution < -0.4 is 10.6 Å². The van der Waals surface area contributed by atoms with Gasteiger partial charge in [0.25, 0.3) is 0 Å². The SMILES string of the molecule is CCCN1CCC(CNC(=NC)NCC2CCCN2CC)CC1. The highest BCUT2D eigenvalue weighted by Gasteiger charge is 2.23. The number of likely N-dealkylation sites (N-methyl/N-ethyl adjacent to an activating group) is 1. The number of hydrogen-bond acceptors (Lipinski definition) is 3. The van der Waals surface area contributed by atoms with Crippen LogP contribution in [0.5, 0.6) is 0 Å². The summed E-state index contributed by atoms with van der Waals surface area (Å²) < 4.78 is 0. The molecule has 2 saturated heterocycles. The van der Waals surface area contributed by atoms with Gasteiger partial charge in [0.1, 0.15) is 0 Å². The molecular formula is C18H37N5. The Morgan fingerprint density at radius 3 is 2.43 bits per heavy atom. The fraction of sp³-hybridized carbons (Fsp3) is 0.944. The highest BCUT2D eigenvalue weighted by atomic mass is 15.2. The summed E-state index contributed by atoms with van der Waals surface area (Å²) in [5, 5.41) is 7.08. The molecule has 0 bridgehead atoms. The Hall–Kier alpha value is -0.810. The van der Waals surface area contributed by atoms with Crippen molar-refractivity contribution in [1.29, 1.82) is 0 Å². The van der Waals surface area contributed by atoms with Gasteiger partial charge in [0.15, 0.2) is 5.96 Å². The lowest BCUT2D eigenvalue weighted by Crippen LogP contribution is -2.46. The van der Waals surface area contributed by atoms with Crippen LogP contribution in [0, 0.1) is 5.92 Å². The highest BCUT2D eigenvalue weighted by Crippen LogP contribution is 2.17. The zero-order valence-electron chi connectivity index (χ0n) is 15.5. The Morgan fingerprint density at radius 1 is 1.04 bits per heavy atom. The lowest BCUT2D eigenvalue weighted by molar-refractivity contribution is 0.185. The molecule has 0 amide bonds. The molecule has 0 radical (unpaired) electrons. The molecular weight excluding hydrogens is 286 g/mol. The van der Waals surface area contributed by atoms with Crippen LogP contribution in [0.2, 0.25) is 0 Å². The molecule has 23 heavy (non-hydrogen) atoms. The number of aliphatic imine (C=N–C) groups is 1. The molecule has 5 heteroatoms. The van der Waals surface area contributed by atoms with Crippen molar-refractivity contribution >= 4 is 5.96 Å². The molecule has 0 spiro atoms. The first kappa shape index (κ1) is 18.5. The van der Waals surface area contributed by atoms with Crippen molar-refractivity contribution in [2.45, 2.75) is 52.0 Å². The normalized spacial score (nSPS) is 25.0. The van der Waals surface area contributed by atoms with Crippen molar-refractivity contribution in [2.75, 3.05) is 52.9 Å². The molecule has 2 rings (SSSR count). The maximum atomic E-state index is 4.39. The van der Waals surface area contributed by atoms with Gasteiger partial charge in [-0.1, -0.05) is 13.8 Å². The summed E-state index contributed by atoms with van der Waals surface area (Å²) in [4.78, 5) is 9.57. The Labute approximate surface area is 142 Å². The summed E-state index contributed by atoms with van der Waals surface area (Å²) in [5.41, 5.74) is 0. The predicted molar refractivity (Wildman–Crippen MR) is 99.1 cm³/mol. The van der Waals surface area contributed by atoms with Crippen LogP contribution in [0.15, 0.2) is 4.99 Å². The van der Waals surface area contributed by atoms with E-state index in [1.807, 2.05) is 7.05 Å². The summed E-state index contributed by atoms with van der Waals surface area (Å²) >= 11 is 0. The largest absolute Gasteiger partial charge is 0.356 e. The lowest BCUT2D eigenvalue weighted by atomic mass is 9.97. The van der Waals surface area contributed by atoms with Crippen LogP contribution in [0.3, 0.4) is 0 Å². The molecule has 5 nitrogen and oxygen atoms in total. The number of likely N-dealkylation sites (tertiary alicyclic amines) is 2. The number of hydrogen-bond donors (Lipinski definition) is 2. The van der Waals surface area contributed by atoms with E-state index >= 15 is 0 Å². The first-order valence-electron chi connectivity index (χ1n) is 9.67. The fourth-order valence-electron chi connectivity index (χ4n) is 3.95. The lowest BCUT2D eigenvalue weighted by Gasteiger charge is -2.32. The maximum Gasteiger partial charge on any atom is 0.191 e. The van der Waals surface area contributed by atoms with Gasteiger partial charge in [-0.25, -0.2) is 0 Å². The van der Waals surface area contributed by atoms with Crippen molar-refractivity contribution < 1.29 is 0 Å². The van der Waals surface area contributed by atoms with E-state index in [1.165, 1.54) is 58.3 Å². The van der Waals surface area contributed by atoms with Crippen LogP contribution >= 0.6 is 0 Å². The number of rotatable bonds is 7. The Morgan fingerprint density at radius 2 is 1.78 bits per heavy atom. The van der Waals surface area contributed by atoms with Crippen LogP contribution in [-0.4, -0.2) is 74.7 Å². The van der Waals surface area contributed by atoms with Crippen molar-refractivity contribution in [3.63, 3.8) is 0 Å². The highest BCUT2D eigenvalue weighted by molar-refractivity contribution is 5.79. The van der Waals surface area contributed by atoms with Gasteiger partial charge in [-0.2, -0.15) is 0 Å². The molecule has 2 heterocycles. The molecule has 2 N–H and O–H groups in total. The van der Waals surface area contributed by atoms with Gasteiger partial charge in [0, 0.05) is 26.2 Å². The maximum absolute atomic E-state index is 4.39. The molecule has 0 aromatic carbocycles. The molecule has 1 unspecified atom stereocenters. The predicted octanol–water partition coefficient (Wildman–Crippen LogP) is 1.76. The van der Waals surface area contributed by atoms with Crippen molar-refractivity contribution in [2.24, 2.45) is 10.9 Å². The van der Waals surface area contributed by atoms with Gasteiger partial charge in [0.2, 0.25) is 0 Å². The molecule has 0 saturated carbocycles. The average Bonchev–Trinajstić information content (AvgIpc) is 3.04. The smallest absolute Gasteiger partial charge is 0.191 e. The summed E-state index contributed by atoms with van der Waals surface area (Å²) in [7, 11) is 1.88. The number of guanidine groups is 1. The number of nitrogens with one attached hydrogen (secondary N) is 2. The standard InChI is InChI=1S/C18H37N5/c1-4-10-22-12-8-16(9-13-22)14-20-18(19-3)21-15-17-7-6-11-23(17)5-2/h16-17H,4-15H2,1-3H3,(H2,19,20,21). The third-order valence-electron chi connectivity index (χ3n) is 5.44. The molecule has 134 valence electrons. The Bertz CT molecular complexity index is 349. The van der Waals surface area contributed by atoms with Gasteiger partial charge in [-0.05, 0) is 70.7 Å². The van der Waals surface area contributed by atoms with Gasteiger partial charge in [0.05, 0.1) is 0 Å². The van der Waals surface area contributed by atoms with E-state index in [4.69, 9.17) is 0 Å². The Balaban J connectivity index is 1.64. The Kier molecular flexibility index (Phi) is 8.17. The topological polar surface area (TPSA) is 42.9 Å². The van der Waals surface area contributed by atoms with Crippen LogP contribution in [0.1, 0.15) is 46.0 Å². The second kappa shape index (κ2) is 10.1. The second-order valence-corrected chi connectivity index (χ2v) is 7.04. The van der Waals surface area contributed by atoms with Crippen molar-refractivity contribution in [1.82, 2.24) is 20.4 Å². The summed E-state index contributed by atoms with van der Waals surface area (Å²) in [5.74, 6) is 1.77. The van der Waals surface area contributed by atoms with E-state index in [0.29, 0.717) is 6.04 Å². The summed E-state index contributed by atoms with van der Waals surface area (Å²) in [6.45, 7) is 12.8. The van der Waals surface area contributed by atoms with E-state index < -0.39 is 0 Å². The van der Waals surface area contributed by atoms with E-state index in [-0.39, 0.29) is 0 Å². The summed E-state index contributed by atoms with van der Waals surface area (Å²) in [6.07, 6.45) is 6.55. The van der Waals surface area contributed by atoms with E-state index in [1.54, 1.807) is 0 Å². The number of piperidine rings is 1. The van der Waals surface area contributed by atoms with E-state index in [0.717, 1.165) is 31.5 Å². The van der Waals surface area contributed by atoms with Gasteiger partial charge in [-0.15, -0.1) is 0 Å². The second-order valence-electron chi connectivity index (χ2n) is 7.04. The third-order valence-corrected chi connectivity index (χ3v) is 5.44. The first-order valence-corrected chi connectivity index (χ1v) is 9.67. The van der Waals surface area contributed by atoms with E-state index in [9.17, 15) is 0 Å². The molecule has 2 aliphatic heterocycles. The molecule has 0 aliphatic carbocycles. The minimum atomic E-state index is 0.677. The average molecular weight is 324 g/mol. The van der Waals surface area contributed by atoms with Gasteiger partial charge in [-0.3, -0.25) is 9.89 Å². The monoisotopic (exact) mass is 323 g/mol. The van der Waals surface area contributed by atoms with Gasteiger partial charge >= 0.3 is 0 Å². The molecule has 0 aromatic rings. The van der Waals surface area contributed by atoms with Crippen LogP contribution in [0.25, 0.3) is 0 Å². The van der Waals surface area contributed by atoms with Gasteiger partial charge < -0.3 is 15.5 Å². The quantitative estimate of drug-likeness (QED) is 0.553. The zero-order chi connectivity index (χ0) is 16.5. The molecule has 1 atom stereocenters. The van der Waals surface area contributed by atoms with Crippen LogP contribution in [-0.2, 0) is 0 Å². The molecule has 2 aliphatic rings.